The van der Waals surface area contributed by atoms with E-state index in [4.69, 9.17) is 5.26 Å². The number of hydrogen-bond donors (Lipinski definition) is 0. The van der Waals surface area contributed by atoms with E-state index in [1.165, 1.54) is 51.9 Å². The molecule has 0 saturated carbocycles. The Labute approximate surface area is 127 Å². The standard InChI is InChI=1S/C16H25N5/c17-11-15-12-18-21(13-15)16-5-8-20(14-16)10-9-19-6-3-1-2-4-7-19/h12-13,16H,1-10,14H2. The van der Waals surface area contributed by atoms with Crippen LogP contribution in [0.5, 0.6) is 0 Å². The molecule has 5 heteroatoms. The van der Waals surface area contributed by atoms with Gasteiger partial charge in [-0.15, -0.1) is 0 Å². The van der Waals surface area contributed by atoms with Crippen LogP contribution < -0.4 is 0 Å². The molecule has 21 heavy (non-hydrogen) atoms. The molecular weight excluding hydrogens is 262 g/mol. The lowest BCUT2D eigenvalue weighted by Gasteiger charge is -2.23. The summed E-state index contributed by atoms with van der Waals surface area (Å²) in [7, 11) is 0. The van der Waals surface area contributed by atoms with Crippen LogP contribution in [0, 0.1) is 11.3 Å². The quantitative estimate of drug-likeness (QED) is 0.848. The topological polar surface area (TPSA) is 48.1 Å². The molecule has 0 aromatic carbocycles. The van der Waals surface area contributed by atoms with E-state index in [0.29, 0.717) is 11.6 Å². The van der Waals surface area contributed by atoms with Crippen LogP contribution in [-0.4, -0.2) is 58.8 Å². The third-order valence-electron chi connectivity index (χ3n) is 4.78. The second-order valence-electron chi connectivity index (χ2n) is 6.32. The molecule has 1 atom stereocenters. The van der Waals surface area contributed by atoms with Crippen molar-refractivity contribution in [1.29, 1.82) is 5.26 Å². The van der Waals surface area contributed by atoms with E-state index in [9.17, 15) is 0 Å². The van der Waals surface area contributed by atoms with Gasteiger partial charge in [0.2, 0.25) is 0 Å². The van der Waals surface area contributed by atoms with Crippen molar-refractivity contribution in [1.82, 2.24) is 19.6 Å². The summed E-state index contributed by atoms with van der Waals surface area (Å²) < 4.78 is 1.98. The first kappa shape index (κ1) is 14.6. The maximum absolute atomic E-state index is 8.88. The minimum Gasteiger partial charge on any atom is -0.302 e. The SMILES string of the molecule is N#Cc1cnn(C2CCN(CCN3CCCCCC3)C2)c1. The fraction of sp³-hybridized carbons (Fsp3) is 0.750. The Morgan fingerprint density at radius 2 is 1.86 bits per heavy atom. The van der Waals surface area contributed by atoms with Gasteiger partial charge in [0.25, 0.3) is 0 Å². The second kappa shape index (κ2) is 7.06. The molecule has 114 valence electrons. The Morgan fingerprint density at radius 1 is 1.10 bits per heavy atom. The van der Waals surface area contributed by atoms with Gasteiger partial charge in [-0.2, -0.15) is 10.4 Å². The minimum absolute atomic E-state index is 0.441. The molecule has 1 aromatic rings. The molecule has 2 aliphatic heterocycles. The molecule has 0 aliphatic carbocycles. The van der Waals surface area contributed by atoms with Crippen LogP contribution in [-0.2, 0) is 0 Å². The van der Waals surface area contributed by atoms with Gasteiger partial charge in [0.15, 0.2) is 0 Å². The first-order valence-electron chi connectivity index (χ1n) is 8.24. The Hall–Kier alpha value is -1.38. The number of likely N-dealkylation sites (tertiary alicyclic amines) is 2. The molecule has 0 radical (unpaired) electrons. The van der Waals surface area contributed by atoms with E-state index >= 15 is 0 Å². The summed E-state index contributed by atoms with van der Waals surface area (Å²) in [5.74, 6) is 0. The summed E-state index contributed by atoms with van der Waals surface area (Å²) >= 11 is 0. The molecular formula is C16H25N5. The lowest BCUT2D eigenvalue weighted by atomic mass is 10.2. The van der Waals surface area contributed by atoms with Gasteiger partial charge in [-0.3, -0.25) is 9.58 Å². The van der Waals surface area contributed by atoms with Crippen molar-refractivity contribution < 1.29 is 0 Å². The van der Waals surface area contributed by atoms with Gasteiger partial charge < -0.3 is 4.90 Å². The van der Waals surface area contributed by atoms with Gasteiger partial charge in [0.05, 0.1) is 17.8 Å². The first-order chi connectivity index (χ1) is 10.3. The molecule has 0 spiro atoms. The number of nitrogens with zero attached hydrogens (tertiary/aromatic N) is 5. The van der Waals surface area contributed by atoms with Crippen LogP contribution in [0.1, 0.15) is 43.7 Å². The van der Waals surface area contributed by atoms with Crippen LogP contribution in [0.3, 0.4) is 0 Å². The van der Waals surface area contributed by atoms with Crippen molar-refractivity contribution in [2.75, 3.05) is 39.3 Å². The van der Waals surface area contributed by atoms with Gasteiger partial charge in [-0.1, -0.05) is 12.8 Å². The van der Waals surface area contributed by atoms with E-state index < -0.39 is 0 Å². The normalized spacial score (nSPS) is 24.8. The highest BCUT2D eigenvalue weighted by Crippen LogP contribution is 2.21. The van der Waals surface area contributed by atoms with E-state index in [1.807, 2.05) is 10.9 Å². The number of nitriles is 1. The van der Waals surface area contributed by atoms with Crippen molar-refractivity contribution in [3.8, 4) is 6.07 Å². The summed E-state index contributed by atoms with van der Waals surface area (Å²) in [5.41, 5.74) is 0.665. The lowest BCUT2D eigenvalue weighted by molar-refractivity contribution is 0.226. The summed E-state index contributed by atoms with van der Waals surface area (Å²) in [6, 6.07) is 2.59. The average Bonchev–Trinajstić information content (AvgIpc) is 3.09. The minimum atomic E-state index is 0.441. The second-order valence-corrected chi connectivity index (χ2v) is 6.32. The van der Waals surface area contributed by atoms with E-state index in [0.717, 1.165) is 19.5 Å². The first-order valence-corrected chi connectivity index (χ1v) is 8.24. The van der Waals surface area contributed by atoms with Crippen molar-refractivity contribution >= 4 is 0 Å². The molecule has 3 rings (SSSR count). The maximum Gasteiger partial charge on any atom is 0.102 e. The largest absolute Gasteiger partial charge is 0.302 e. The molecule has 2 saturated heterocycles. The third kappa shape index (κ3) is 3.84. The zero-order valence-electron chi connectivity index (χ0n) is 12.7. The highest BCUT2D eigenvalue weighted by atomic mass is 15.3. The summed E-state index contributed by atoms with van der Waals surface area (Å²) in [4.78, 5) is 5.17. The van der Waals surface area contributed by atoms with Gasteiger partial charge in [0.1, 0.15) is 6.07 Å². The third-order valence-corrected chi connectivity index (χ3v) is 4.78. The predicted molar refractivity (Wildman–Crippen MR) is 81.9 cm³/mol. The predicted octanol–water partition coefficient (Wildman–Crippen LogP) is 1.88. The van der Waals surface area contributed by atoms with Gasteiger partial charge in [0, 0.05) is 32.4 Å². The molecule has 1 unspecified atom stereocenters. The fourth-order valence-corrected chi connectivity index (χ4v) is 3.47. The zero-order chi connectivity index (χ0) is 14.5. The molecule has 0 N–H and O–H groups in total. The van der Waals surface area contributed by atoms with Gasteiger partial charge in [-0.05, 0) is 32.4 Å². The molecule has 5 nitrogen and oxygen atoms in total. The highest BCUT2D eigenvalue weighted by Gasteiger charge is 2.24. The number of hydrogen-bond acceptors (Lipinski definition) is 4. The van der Waals surface area contributed by atoms with Gasteiger partial charge in [-0.25, -0.2) is 0 Å². The molecule has 3 heterocycles. The molecule has 0 bridgehead atoms. The number of aromatic nitrogens is 2. The van der Waals surface area contributed by atoms with E-state index in [1.54, 1.807) is 6.20 Å². The number of rotatable bonds is 4. The smallest absolute Gasteiger partial charge is 0.102 e. The average molecular weight is 287 g/mol. The Morgan fingerprint density at radius 3 is 2.57 bits per heavy atom. The zero-order valence-corrected chi connectivity index (χ0v) is 12.7. The Balaban J connectivity index is 1.45. The maximum atomic E-state index is 8.88. The summed E-state index contributed by atoms with van der Waals surface area (Å²) in [6.07, 6.45) is 10.2. The highest BCUT2D eigenvalue weighted by molar-refractivity contribution is 5.22. The fourth-order valence-electron chi connectivity index (χ4n) is 3.47. The van der Waals surface area contributed by atoms with Crippen LogP contribution in [0.4, 0.5) is 0 Å². The summed E-state index contributed by atoms with van der Waals surface area (Å²) in [6.45, 7) is 7.16. The van der Waals surface area contributed by atoms with Crippen LogP contribution in [0.2, 0.25) is 0 Å². The molecule has 0 amide bonds. The van der Waals surface area contributed by atoms with Crippen LogP contribution >= 0.6 is 0 Å². The van der Waals surface area contributed by atoms with E-state index in [2.05, 4.69) is 21.0 Å². The monoisotopic (exact) mass is 287 g/mol. The van der Waals surface area contributed by atoms with Crippen molar-refractivity contribution in [3.05, 3.63) is 18.0 Å². The Kier molecular flexibility index (Phi) is 4.89. The van der Waals surface area contributed by atoms with E-state index in [-0.39, 0.29) is 0 Å². The molecule has 2 aliphatic rings. The van der Waals surface area contributed by atoms with Crippen LogP contribution in [0.25, 0.3) is 0 Å². The van der Waals surface area contributed by atoms with Crippen LogP contribution in [0.15, 0.2) is 12.4 Å². The Bertz CT molecular complexity index is 481. The molecule has 2 fully saturated rings. The van der Waals surface area contributed by atoms with Crippen molar-refractivity contribution in [2.24, 2.45) is 0 Å². The molecule has 1 aromatic heterocycles. The van der Waals surface area contributed by atoms with Crippen molar-refractivity contribution in [3.63, 3.8) is 0 Å². The van der Waals surface area contributed by atoms with Gasteiger partial charge >= 0.3 is 0 Å². The lowest BCUT2D eigenvalue weighted by Crippen LogP contribution is -2.34. The van der Waals surface area contributed by atoms with Crippen molar-refractivity contribution in [2.45, 2.75) is 38.1 Å². The summed E-state index contributed by atoms with van der Waals surface area (Å²) in [5, 5.41) is 13.2.